The fraction of sp³-hybridized carbons (Fsp3) is 0.435. The van der Waals surface area contributed by atoms with E-state index in [-0.39, 0.29) is 25.3 Å². The van der Waals surface area contributed by atoms with Crippen LogP contribution in [0.1, 0.15) is 86.1 Å². The second kappa shape index (κ2) is 21.5. The number of halogens is 2. The number of rotatable bonds is 21. The van der Waals surface area contributed by atoms with E-state index in [4.69, 9.17) is 42.1 Å². The summed E-state index contributed by atoms with van der Waals surface area (Å²) in [4.78, 5) is 25.2. The van der Waals surface area contributed by atoms with Crippen molar-refractivity contribution in [2.75, 3.05) is 25.7 Å². The van der Waals surface area contributed by atoms with Gasteiger partial charge in [-0.1, -0.05) is 59.6 Å². The van der Waals surface area contributed by atoms with Crippen LogP contribution in [0, 0.1) is 0 Å². The normalized spacial score (nSPS) is 17.5. The van der Waals surface area contributed by atoms with Crippen molar-refractivity contribution in [2.45, 2.75) is 103 Å². The van der Waals surface area contributed by atoms with Gasteiger partial charge in [0.15, 0.2) is 0 Å². The molecular weight excluding hydrogens is 936 g/mol. The number of carbonyl (C=O) groups is 2. The molecular formula is C46H56Cl2N4O12S2. The van der Waals surface area contributed by atoms with Crippen molar-refractivity contribution in [3.63, 3.8) is 0 Å². The lowest BCUT2D eigenvalue weighted by molar-refractivity contribution is -0.124. The van der Waals surface area contributed by atoms with Gasteiger partial charge in [-0.15, -0.1) is 0 Å². The molecule has 66 heavy (non-hydrogen) atoms. The van der Waals surface area contributed by atoms with Gasteiger partial charge < -0.3 is 29.2 Å². The molecule has 0 fully saturated rings. The zero-order valence-electron chi connectivity index (χ0n) is 37.4. The summed E-state index contributed by atoms with van der Waals surface area (Å²) < 4.78 is 75.6. The SMILES string of the molecule is CCOc1cc(O[C@H]2CCc3c(-c4cccc5c4CC[C@@H]5Oc4cc(OCC)c(CN[C@H](C(=O)NS(C)(=O)=O)[C@@H](C)O)cc4Cl)cccc32)c(Cl)cc1CN[C@H](C(=O)NS(C)(=O)=O)[C@@H](C)O. The van der Waals surface area contributed by atoms with Crippen molar-refractivity contribution < 1.29 is 55.6 Å². The number of benzene rings is 4. The Morgan fingerprint density at radius 2 is 1.03 bits per heavy atom. The molecule has 0 saturated heterocycles. The maximum atomic E-state index is 12.6. The van der Waals surface area contributed by atoms with Gasteiger partial charge >= 0.3 is 0 Å². The van der Waals surface area contributed by atoms with Crippen molar-refractivity contribution in [3.8, 4) is 34.1 Å². The monoisotopic (exact) mass is 990 g/mol. The molecule has 16 nitrogen and oxygen atoms in total. The van der Waals surface area contributed by atoms with E-state index in [0.717, 1.165) is 47.6 Å². The van der Waals surface area contributed by atoms with Gasteiger partial charge in [0.25, 0.3) is 11.8 Å². The number of aliphatic hydroxyl groups excluding tert-OH is 2. The van der Waals surface area contributed by atoms with Crippen LogP contribution in [0.4, 0.5) is 0 Å². The highest BCUT2D eigenvalue weighted by molar-refractivity contribution is 7.89. The minimum absolute atomic E-state index is 0.0301. The third kappa shape index (κ3) is 12.5. The van der Waals surface area contributed by atoms with Crippen LogP contribution in [0.5, 0.6) is 23.0 Å². The van der Waals surface area contributed by atoms with E-state index >= 15 is 0 Å². The Kier molecular flexibility index (Phi) is 16.6. The number of sulfonamides is 2. The van der Waals surface area contributed by atoms with E-state index in [0.29, 0.717) is 70.2 Å². The van der Waals surface area contributed by atoms with E-state index in [9.17, 15) is 36.6 Å². The van der Waals surface area contributed by atoms with Gasteiger partial charge in [-0.3, -0.25) is 29.7 Å². The fourth-order valence-electron chi connectivity index (χ4n) is 8.37. The Morgan fingerprint density at radius 3 is 1.36 bits per heavy atom. The molecule has 2 aliphatic rings. The molecule has 0 radical (unpaired) electrons. The number of carbonyl (C=O) groups excluding carboxylic acids is 2. The predicted molar refractivity (Wildman–Crippen MR) is 251 cm³/mol. The molecule has 6 atom stereocenters. The standard InChI is InChI=1S/C46H56Cl2N4O12S2/c1-7-61-39-21-41(35(47)19-27(39)23-49-43(25(3)53)45(55)51-65(5,57)58)63-37-17-15-31-29(11-9-13-33(31)37)30-12-10-14-34-32(30)16-18-38(34)64-42-22-40(62-8-2)28(20-36(42)48)24-50-44(26(4)54)46(56)52-66(6,59)60/h9-14,19-22,25-26,37-38,43-44,49-50,53-54H,7-8,15-18,23-24H2,1-6H3,(H,51,55)(H,52,56)/t25-,26-,37+,38+,43+,44+/m1/s1. The summed E-state index contributed by atoms with van der Waals surface area (Å²) in [7, 11) is -7.69. The smallest absolute Gasteiger partial charge is 0.253 e. The summed E-state index contributed by atoms with van der Waals surface area (Å²) >= 11 is 13.6. The fourth-order valence-corrected chi connectivity index (χ4v) is 9.82. The summed E-state index contributed by atoms with van der Waals surface area (Å²) in [5, 5.41) is 26.9. The second-order valence-electron chi connectivity index (χ2n) is 16.4. The van der Waals surface area contributed by atoms with Crippen LogP contribution in [0.25, 0.3) is 11.1 Å². The van der Waals surface area contributed by atoms with Crippen molar-refractivity contribution in [1.29, 1.82) is 0 Å². The Hall–Kier alpha value is -4.66. The molecule has 6 N–H and O–H groups in total. The first-order valence-corrected chi connectivity index (χ1v) is 26.1. The van der Waals surface area contributed by atoms with Crippen LogP contribution in [0.2, 0.25) is 10.0 Å². The minimum atomic E-state index is -3.85. The van der Waals surface area contributed by atoms with Gasteiger partial charge in [-0.25, -0.2) is 16.8 Å². The number of hydrogen-bond acceptors (Lipinski definition) is 14. The second-order valence-corrected chi connectivity index (χ2v) is 20.7. The molecule has 0 unspecified atom stereocenters. The molecule has 4 aromatic rings. The summed E-state index contributed by atoms with van der Waals surface area (Å²) in [5.41, 5.74) is 7.75. The molecule has 20 heteroatoms. The van der Waals surface area contributed by atoms with E-state index in [2.05, 4.69) is 34.9 Å². The van der Waals surface area contributed by atoms with Crippen molar-refractivity contribution in [2.24, 2.45) is 0 Å². The van der Waals surface area contributed by atoms with E-state index < -0.39 is 56.2 Å². The van der Waals surface area contributed by atoms with Gasteiger partial charge in [0.2, 0.25) is 20.0 Å². The maximum Gasteiger partial charge on any atom is 0.253 e. The molecule has 0 aromatic heterocycles. The van der Waals surface area contributed by atoms with Gasteiger partial charge in [-0.05, 0) is 98.9 Å². The largest absolute Gasteiger partial charge is 0.493 e. The molecule has 358 valence electrons. The Balaban J connectivity index is 1.19. The lowest BCUT2D eigenvalue weighted by atomic mass is 9.91. The van der Waals surface area contributed by atoms with Crippen LogP contribution in [0.15, 0.2) is 60.7 Å². The average Bonchev–Trinajstić information content (AvgIpc) is 3.83. The van der Waals surface area contributed by atoms with Gasteiger partial charge in [-0.2, -0.15) is 0 Å². The number of ether oxygens (including phenoxy) is 4. The number of aliphatic hydroxyl groups is 2. The quantitative estimate of drug-likeness (QED) is 0.0613. The molecule has 2 aliphatic carbocycles. The average molecular weight is 992 g/mol. The summed E-state index contributed by atoms with van der Waals surface area (Å²) in [6.45, 7) is 7.12. The van der Waals surface area contributed by atoms with Gasteiger partial charge in [0, 0.05) is 36.3 Å². The zero-order chi connectivity index (χ0) is 48.1. The van der Waals surface area contributed by atoms with E-state index in [1.165, 1.54) is 25.0 Å². The Labute approximate surface area is 395 Å². The predicted octanol–water partition coefficient (Wildman–Crippen LogP) is 5.42. The molecule has 4 aromatic carbocycles. The first-order chi connectivity index (χ1) is 31.2. The molecule has 6 rings (SSSR count). The Bertz CT molecular complexity index is 2480. The molecule has 0 saturated carbocycles. The Morgan fingerprint density at radius 1 is 0.652 bits per heavy atom. The highest BCUT2D eigenvalue weighted by Gasteiger charge is 2.33. The third-order valence-corrected chi connectivity index (χ3v) is 13.0. The van der Waals surface area contributed by atoms with Gasteiger partial charge in [0.1, 0.15) is 47.3 Å². The summed E-state index contributed by atoms with van der Waals surface area (Å²) in [6, 6.07) is 16.7. The zero-order valence-corrected chi connectivity index (χ0v) is 40.6. The summed E-state index contributed by atoms with van der Waals surface area (Å²) in [6.07, 6.45) is 1.58. The van der Waals surface area contributed by atoms with Crippen LogP contribution >= 0.6 is 23.2 Å². The maximum absolute atomic E-state index is 12.6. The molecule has 2 amide bonds. The third-order valence-electron chi connectivity index (χ3n) is 11.2. The molecule has 0 heterocycles. The van der Waals surface area contributed by atoms with Crippen LogP contribution in [-0.4, -0.2) is 88.9 Å². The molecule has 0 bridgehead atoms. The first kappa shape index (κ1) is 50.7. The van der Waals surface area contributed by atoms with Gasteiger partial charge in [0.05, 0.1) is 48.0 Å². The minimum Gasteiger partial charge on any atom is -0.493 e. The number of amides is 2. The number of hydrogen-bond donors (Lipinski definition) is 6. The van der Waals surface area contributed by atoms with E-state index in [1.54, 1.807) is 24.3 Å². The molecule has 0 aliphatic heterocycles. The first-order valence-electron chi connectivity index (χ1n) is 21.5. The van der Waals surface area contributed by atoms with E-state index in [1.807, 2.05) is 35.4 Å². The number of fused-ring (bicyclic) bond motifs is 2. The topological polar surface area (TPSA) is 228 Å². The van der Waals surface area contributed by atoms with Crippen molar-refractivity contribution in [3.05, 3.63) is 104 Å². The lowest BCUT2D eigenvalue weighted by Gasteiger charge is -2.22. The lowest BCUT2D eigenvalue weighted by Crippen LogP contribution is -2.51. The summed E-state index contributed by atoms with van der Waals surface area (Å²) in [5.74, 6) is -0.0742. The van der Waals surface area contributed by atoms with Crippen LogP contribution in [0.3, 0.4) is 0 Å². The van der Waals surface area contributed by atoms with Crippen molar-refractivity contribution >= 4 is 55.1 Å². The molecule has 0 spiro atoms. The highest BCUT2D eigenvalue weighted by Crippen LogP contribution is 2.47. The number of nitrogens with one attached hydrogen (secondary N) is 4. The highest BCUT2D eigenvalue weighted by atomic mass is 35.5. The van der Waals surface area contributed by atoms with Crippen molar-refractivity contribution in [1.82, 2.24) is 20.1 Å². The van der Waals surface area contributed by atoms with Crippen LogP contribution < -0.4 is 39.0 Å². The van der Waals surface area contributed by atoms with Crippen LogP contribution in [-0.2, 0) is 55.6 Å².